The Morgan fingerprint density at radius 2 is 2.00 bits per heavy atom. The van der Waals surface area contributed by atoms with Gasteiger partial charge in [-0.2, -0.15) is 0 Å². The molecule has 158 valence electrons. The molecule has 0 aliphatic carbocycles. The Balaban J connectivity index is 1.38. The zero-order chi connectivity index (χ0) is 21.1. The molecule has 9 nitrogen and oxygen atoms in total. The van der Waals surface area contributed by atoms with Gasteiger partial charge in [0.1, 0.15) is 17.3 Å². The maximum Gasteiger partial charge on any atom is 0.410 e. The predicted octanol–water partition coefficient (Wildman–Crippen LogP) is 2.19. The summed E-state index contributed by atoms with van der Waals surface area (Å²) in [4.78, 5) is 48.9. The number of aromatic nitrogens is 2. The van der Waals surface area contributed by atoms with E-state index in [9.17, 15) is 14.4 Å². The van der Waals surface area contributed by atoms with E-state index in [4.69, 9.17) is 9.47 Å². The summed E-state index contributed by atoms with van der Waals surface area (Å²) in [5.41, 5.74) is 1.33. The van der Waals surface area contributed by atoms with Crippen molar-refractivity contribution < 1.29 is 23.9 Å². The molecule has 0 N–H and O–H groups in total. The van der Waals surface area contributed by atoms with Crippen molar-refractivity contribution in [1.82, 2.24) is 19.8 Å². The molecule has 2 aromatic heterocycles. The van der Waals surface area contributed by atoms with Crippen molar-refractivity contribution in [2.75, 3.05) is 26.3 Å². The standard InChI is InChI=1S/C20H22N4O5S/c1-2-28-19(26)16-11-29-20(27)24(16)14-5-9-23(10-6-14)18(25)15-12-30-17(22-15)13-3-7-21-8-4-13/h3-4,7-8,12,14,16H,2,5-6,9-11H2,1H3. The minimum Gasteiger partial charge on any atom is -0.464 e. The number of ether oxygens (including phenoxy) is 2. The van der Waals surface area contributed by atoms with Gasteiger partial charge < -0.3 is 14.4 Å². The van der Waals surface area contributed by atoms with Crippen molar-refractivity contribution in [3.05, 3.63) is 35.6 Å². The summed E-state index contributed by atoms with van der Waals surface area (Å²) in [6.07, 6.45) is 4.02. The number of amides is 2. The van der Waals surface area contributed by atoms with Gasteiger partial charge in [-0.25, -0.2) is 14.6 Å². The van der Waals surface area contributed by atoms with Crippen LogP contribution in [0.25, 0.3) is 10.6 Å². The van der Waals surface area contributed by atoms with Crippen molar-refractivity contribution >= 4 is 29.3 Å². The van der Waals surface area contributed by atoms with Gasteiger partial charge in [-0.05, 0) is 31.9 Å². The van der Waals surface area contributed by atoms with Gasteiger partial charge in [-0.15, -0.1) is 11.3 Å². The molecule has 0 saturated carbocycles. The van der Waals surface area contributed by atoms with Crippen LogP contribution in [-0.2, 0) is 14.3 Å². The lowest BCUT2D eigenvalue weighted by Crippen LogP contribution is -2.52. The second kappa shape index (κ2) is 8.78. The molecule has 0 bridgehead atoms. The fraction of sp³-hybridized carbons (Fsp3) is 0.450. The third-order valence-electron chi connectivity index (χ3n) is 5.27. The first-order valence-corrected chi connectivity index (χ1v) is 10.7. The highest BCUT2D eigenvalue weighted by Gasteiger charge is 2.44. The molecular weight excluding hydrogens is 408 g/mol. The molecule has 1 unspecified atom stereocenters. The first kappa shape index (κ1) is 20.3. The molecule has 2 aromatic rings. The van der Waals surface area contributed by atoms with E-state index in [1.807, 2.05) is 12.1 Å². The maximum absolute atomic E-state index is 12.9. The molecule has 30 heavy (non-hydrogen) atoms. The van der Waals surface area contributed by atoms with Crippen molar-refractivity contribution in [3.8, 4) is 10.6 Å². The van der Waals surface area contributed by atoms with Crippen molar-refractivity contribution in [2.45, 2.75) is 31.8 Å². The van der Waals surface area contributed by atoms with Gasteiger partial charge in [-0.3, -0.25) is 14.7 Å². The minimum atomic E-state index is -0.717. The summed E-state index contributed by atoms with van der Waals surface area (Å²) in [5.74, 6) is -0.580. The maximum atomic E-state index is 12.9. The summed E-state index contributed by atoms with van der Waals surface area (Å²) in [5, 5.41) is 2.53. The SMILES string of the molecule is CCOC(=O)C1COC(=O)N1C1CCN(C(=O)c2csc(-c3ccncc3)n2)CC1. The fourth-order valence-corrected chi connectivity index (χ4v) is 4.56. The van der Waals surface area contributed by atoms with Crippen LogP contribution in [0.4, 0.5) is 4.79 Å². The molecule has 4 rings (SSSR count). The van der Waals surface area contributed by atoms with E-state index in [1.54, 1.807) is 29.6 Å². The Morgan fingerprint density at radius 1 is 1.27 bits per heavy atom. The number of rotatable bonds is 5. The first-order chi connectivity index (χ1) is 14.6. The van der Waals surface area contributed by atoms with Crippen LogP contribution in [0.2, 0.25) is 0 Å². The average molecular weight is 430 g/mol. The number of likely N-dealkylation sites (tertiary alicyclic amines) is 1. The Bertz CT molecular complexity index is 926. The number of thiazole rings is 1. The lowest BCUT2D eigenvalue weighted by Gasteiger charge is -2.36. The highest BCUT2D eigenvalue weighted by molar-refractivity contribution is 7.13. The number of esters is 1. The van der Waals surface area contributed by atoms with Gasteiger partial charge in [0.05, 0.1) is 6.61 Å². The number of cyclic esters (lactones) is 1. The lowest BCUT2D eigenvalue weighted by atomic mass is 10.0. The van der Waals surface area contributed by atoms with Crippen LogP contribution in [0.1, 0.15) is 30.3 Å². The van der Waals surface area contributed by atoms with E-state index in [1.165, 1.54) is 16.2 Å². The minimum absolute atomic E-state index is 0.00736. The van der Waals surface area contributed by atoms with Crippen LogP contribution in [0.5, 0.6) is 0 Å². The van der Waals surface area contributed by atoms with Gasteiger partial charge in [-0.1, -0.05) is 0 Å². The number of hydrogen-bond donors (Lipinski definition) is 0. The van der Waals surface area contributed by atoms with Gasteiger partial charge in [0.2, 0.25) is 0 Å². The largest absolute Gasteiger partial charge is 0.464 e. The second-order valence-corrected chi connectivity index (χ2v) is 7.91. The average Bonchev–Trinajstić information content (AvgIpc) is 3.41. The van der Waals surface area contributed by atoms with Crippen LogP contribution in [0, 0.1) is 0 Å². The van der Waals surface area contributed by atoms with Crippen LogP contribution in [0.3, 0.4) is 0 Å². The zero-order valence-corrected chi connectivity index (χ0v) is 17.3. The van der Waals surface area contributed by atoms with E-state index in [0.717, 1.165) is 10.6 Å². The molecule has 4 heterocycles. The van der Waals surface area contributed by atoms with Gasteiger partial charge in [0.15, 0.2) is 6.04 Å². The molecule has 1 atom stereocenters. The molecule has 10 heteroatoms. The molecule has 2 aliphatic rings. The molecule has 0 radical (unpaired) electrons. The van der Waals surface area contributed by atoms with E-state index in [2.05, 4.69) is 9.97 Å². The summed E-state index contributed by atoms with van der Waals surface area (Å²) in [6.45, 7) is 2.94. The zero-order valence-electron chi connectivity index (χ0n) is 16.5. The monoisotopic (exact) mass is 430 g/mol. The highest BCUT2D eigenvalue weighted by Crippen LogP contribution is 2.27. The summed E-state index contributed by atoms with van der Waals surface area (Å²) in [7, 11) is 0. The van der Waals surface area contributed by atoms with Crippen LogP contribution in [-0.4, -0.2) is 76.1 Å². The Labute approximate surface area is 177 Å². The van der Waals surface area contributed by atoms with E-state index < -0.39 is 18.1 Å². The predicted molar refractivity (Wildman–Crippen MR) is 108 cm³/mol. The molecule has 2 aliphatic heterocycles. The first-order valence-electron chi connectivity index (χ1n) is 9.85. The van der Waals surface area contributed by atoms with E-state index in [-0.39, 0.29) is 25.2 Å². The van der Waals surface area contributed by atoms with Crippen molar-refractivity contribution in [2.24, 2.45) is 0 Å². The Morgan fingerprint density at radius 3 is 2.70 bits per heavy atom. The molecule has 2 saturated heterocycles. The normalized spacial score (nSPS) is 19.6. The van der Waals surface area contributed by atoms with E-state index >= 15 is 0 Å². The van der Waals surface area contributed by atoms with Crippen molar-refractivity contribution in [3.63, 3.8) is 0 Å². The summed E-state index contributed by atoms with van der Waals surface area (Å²) < 4.78 is 10.1. The van der Waals surface area contributed by atoms with Crippen LogP contribution in [0.15, 0.2) is 29.9 Å². The Kier molecular flexibility index (Phi) is 5.93. The smallest absolute Gasteiger partial charge is 0.410 e. The number of piperidine rings is 1. The number of carbonyl (C=O) groups excluding carboxylic acids is 3. The quantitative estimate of drug-likeness (QED) is 0.670. The Hall–Kier alpha value is -3.01. The second-order valence-electron chi connectivity index (χ2n) is 7.05. The van der Waals surface area contributed by atoms with Crippen LogP contribution >= 0.6 is 11.3 Å². The molecular formula is C20H22N4O5S. The summed E-state index contributed by atoms with van der Waals surface area (Å²) >= 11 is 1.42. The topological polar surface area (TPSA) is 102 Å². The third kappa shape index (κ3) is 4.00. The third-order valence-corrected chi connectivity index (χ3v) is 6.16. The molecule has 0 spiro atoms. The van der Waals surface area contributed by atoms with Gasteiger partial charge in [0, 0.05) is 42.5 Å². The molecule has 2 fully saturated rings. The van der Waals surface area contributed by atoms with Crippen LogP contribution < -0.4 is 0 Å². The number of carbonyl (C=O) groups is 3. The van der Waals surface area contributed by atoms with Gasteiger partial charge in [0.25, 0.3) is 5.91 Å². The number of nitrogens with zero attached hydrogens (tertiary/aromatic N) is 4. The van der Waals surface area contributed by atoms with Crippen molar-refractivity contribution in [1.29, 1.82) is 0 Å². The van der Waals surface area contributed by atoms with E-state index in [0.29, 0.717) is 31.6 Å². The summed E-state index contributed by atoms with van der Waals surface area (Å²) in [6, 6.07) is 2.83. The lowest BCUT2D eigenvalue weighted by molar-refractivity contribution is -0.148. The van der Waals surface area contributed by atoms with Gasteiger partial charge >= 0.3 is 12.1 Å². The number of pyridine rings is 1. The number of hydrogen-bond acceptors (Lipinski definition) is 8. The molecule has 0 aromatic carbocycles. The molecule has 2 amide bonds. The highest BCUT2D eigenvalue weighted by atomic mass is 32.1. The fourth-order valence-electron chi connectivity index (χ4n) is 3.76.